The lowest BCUT2D eigenvalue weighted by atomic mass is 10.1. The SMILES string of the molecule is COC(=O)N1CCC(n2ncc3c(N4CC5CCC(C4)O5)nc(-c4ccc(NC(=O)OCCN5CCOCC5)cc4)nc32)CC1. The van der Waals surface area contributed by atoms with Crippen LogP contribution in [-0.4, -0.2) is 127 Å². The van der Waals surface area contributed by atoms with Crippen LogP contribution in [0.25, 0.3) is 22.4 Å². The summed E-state index contributed by atoms with van der Waals surface area (Å²) in [6, 6.07) is 7.58. The highest BCUT2D eigenvalue weighted by molar-refractivity contribution is 5.89. The van der Waals surface area contributed by atoms with Crippen molar-refractivity contribution >= 4 is 34.7 Å². The normalized spacial score (nSPS) is 22.5. The number of nitrogens with one attached hydrogen (secondary N) is 1. The molecule has 3 aromatic rings. The lowest BCUT2D eigenvalue weighted by Crippen LogP contribution is -2.43. The highest BCUT2D eigenvalue weighted by Crippen LogP contribution is 2.35. The molecule has 45 heavy (non-hydrogen) atoms. The zero-order valence-corrected chi connectivity index (χ0v) is 25.6. The van der Waals surface area contributed by atoms with Crippen LogP contribution in [0, 0.1) is 0 Å². The molecule has 2 aromatic heterocycles. The van der Waals surface area contributed by atoms with Crippen molar-refractivity contribution in [1.29, 1.82) is 0 Å². The maximum absolute atomic E-state index is 12.4. The molecule has 1 N–H and O–H groups in total. The fourth-order valence-electron chi connectivity index (χ4n) is 6.71. The van der Waals surface area contributed by atoms with Gasteiger partial charge in [-0.1, -0.05) is 0 Å². The maximum Gasteiger partial charge on any atom is 0.411 e. The number of carbonyl (C=O) groups excluding carboxylic acids is 2. The number of fused-ring (bicyclic) bond motifs is 3. The van der Waals surface area contributed by atoms with Gasteiger partial charge in [0, 0.05) is 57.1 Å². The van der Waals surface area contributed by atoms with E-state index in [0.717, 1.165) is 74.3 Å². The number of carbonyl (C=O) groups is 2. The van der Waals surface area contributed by atoms with Crippen LogP contribution in [0.5, 0.6) is 0 Å². The molecular formula is C31H40N8O6. The topological polar surface area (TPSA) is 136 Å². The molecule has 0 aliphatic carbocycles. The van der Waals surface area contributed by atoms with Crippen LogP contribution in [0.15, 0.2) is 30.5 Å². The van der Waals surface area contributed by atoms with Crippen LogP contribution < -0.4 is 10.2 Å². The summed E-state index contributed by atoms with van der Waals surface area (Å²) in [6.07, 6.45) is 5.12. The van der Waals surface area contributed by atoms with Crippen LogP contribution in [-0.2, 0) is 18.9 Å². The van der Waals surface area contributed by atoms with E-state index in [9.17, 15) is 9.59 Å². The standard InChI is InChI=1S/C31H40N8O6/c1-42-31(41)37-10-8-23(9-11-37)39-29-26(18-32-39)28(38-19-24-6-7-25(20-38)45-24)34-27(35-29)21-2-4-22(5-3-21)33-30(40)44-17-14-36-12-15-43-16-13-36/h2-5,18,23-25H,6-17,19-20H2,1H3,(H,33,40). The number of likely N-dealkylation sites (tertiary alicyclic amines) is 1. The number of benzene rings is 1. The third kappa shape index (κ3) is 6.53. The van der Waals surface area contributed by atoms with Gasteiger partial charge in [0.1, 0.15) is 12.4 Å². The molecule has 2 atom stereocenters. The summed E-state index contributed by atoms with van der Waals surface area (Å²) in [6.45, 7) is 6.88. The minimum absolute atomic E-state index is 0.0979. The van der Waals surface area contributed by atoms with E-state index in [1.165, 1.54) is 7.11 Å². The van der Waals surface area contributed by atoms with Gasteiger partial charge < -0.3 is 28.7 Å². The fourth-order valence-corrected chi connectivity index (χ4v) is 6.71. The van der Waals surface area contributed by atoms with Crippen LogP contribution in [0.3, 0.4) is 0 Å². The first-order valence-electron chi connectivity index (χ1n) is 15.9. The van der Waals surface area contributed by atoms with E-state index in [-0.39, 0.29) is 24.3 Å². The predicted octanol–water partition coefficient (Wildman–Crippen LogP) is 3.14. The average molecular weight is 621 g/mol. The van der Waals surface area contributed by atoms with E-state index in [2.05, 4.69) is 15.1 Å². The van der Waals surface area contributed by atoms with Crippen LogP contribution in [0.2, 0.25) is 0 Å². The summed E-state index contributed by atoms with van der Waals surface area (Å²) in [4.78, 5) is 40.8. The summed E-state index contributed by atoms with van der Waals surface area (Å²) in [5.41, 5.74) is 2.23. The molecular weight excluding hydrogens is 580 g/mol. The third-order valence-corrected chi connectivity index (χ3v) is 9.15. The number of methoxy groups -OCH3 is 1. The van der Waals surface area contributed by atoms with Crippen LogP contribution >= 0.6 is 0 Å². The van der Waals surface area contributed by atoms with Crippen molar-refractivity contribution in [3.8, 4) is 11.4 Å². The summed E-state index contributed by atoms with van der Waals surface area (Å²) in [5.74, 6) is 1.45. The Bertz CT molecular complexity index is 1490. The molecule has 0 saturated carbocycles. The van der Waals surface area contributed by atoms with Gasteiger partial charge >= 0.3 is 12.2 Å². The number of piperidine rings is 1. The second-order valence-corrected chi connectivity index (χ2v) is 12.0. The number of anilines is 2. The Morgan fingerprint density at radius 1 is 0.978 bits per heavy atom. The Balaban J connectivity index is 1.10. The molecule has 2 amide bonds. The fraction of sp³-hybridized carbons (Fsp3) is 0.581. The first-order chi connectivity index (χ1) is 22.0. The molecule has 2 unspecified atom stereocenters. The minimum atomic E-state index is -0.486. The van der Waals surface area contributed by atoms with Gasteiger partial charge in [-0.2, -0.15) is 5.10 Å². The highest BCUT2D eigenvalue weighted by Gasteiger charge is 2.36. The van der Waals surface area contributed by atoms with Crippen molar-refractivity contribution in [3.63, 3.8) is 0 Å². The third-order valence-electron chi connectivity index (χ3n) is 9.15. The zero-order chi connectivity index (χ0) is 30.8. The van der Waals surface area contributed by atoms with Gasteiger partial charge in [-0.25, -0.2) is 24.2 Å². The van der Waals surface area contributed by atoms with E-state index in [4.69, 9.17) is 34.0 Å². The number of aromatic nitrogens is 4. The molecule has 4 fully saturated rings. The Morgan fingerprint density at radius 2 is 1.71 bits per heavy atom. The summed E-state index contributed by atoms with van der Waals surface area (Å²) < 4.78 is 23.8. The Kier molecular flexibility index (Phi) is 8.68. The average Bonchev–Trinajstić information content (AvgIpc) is 3.66. The number of hydrogen-bond acceptors (Lipinski definition) is 11. The Hall–Kier alpha value is -4.01. The van der Waals surface area contributed by atoms with E-state index in [1.807, 2.05) is 35.1 Å². The van der Waals surface area contributed by atoms with Crippen molar-refractivity contribution in [2.75, 3.05) is 83.0 Å². The van der Waals surface area contributed by atoms with Crippen molar-refractivity contribution in [1.82, 2.24) is 29.5 Å². The van der Waals surface area contributed by atoms with Crippen LogP contribution in [0.4, 0.5) is 21.1 Å². The van der Waals surface area contributed by atoms with E-state index < -0.39 is 6.09 Å². The van der Waals surface area contributed by atoms with Gasteiger partial charge in [-0.15, -0.1) is 0 Å². The van der Waals surface area contributed by atoms with E-state index in [1.54, 1.807) is 4.90 Å². The lowest BCUT2D eigenvalue weighted by Gasteiger charge is -2.33. The smallest absolute Gasteiger partial charge is 0.411 e. The molecule has 1 aromatic carbocycles. The van der Waals surface area contributed by atoms with Crippen LogP contribution in [0.1, 0.15) is 31.7 Å². The van der Waals surface area contributed by atoms with Crippen molar-refractivity contribution in [2.24, 2.45) is 0 Å². The zero-order valence-electron chi connectivity index (χ0n) is 25.6. The molecule has 0 radical (unpaired) electrons. The molecule has 14 heteroatoms. The first kappa shape index (κ1) is 29.7. The largest absolute Gasteiger partial charge is 0.453 e. The summed E-state index contributed by atoms with van der Waals surface area (Å²) >= 11 is 0. The molecule has 7 rings (SSSR count). The summed E-state index contributed by atoms with van der Waals surface area (Å²) in [5, 5.41) is 8.53. The Morgan fingerprint density at radius 3 is 2.42 bits per heavy atom. The van der Waals surface area contributed by atoms with E-state index >= 15 is 0 Å². The minimum Gasteiger partial charge on any atom is -0.453 e. The first-order valence-corrected chi connectivity index (χ1v) is 15.9. The Labute approximate surface area is 261 Å². The molecule has 4 aliphatic rings. The van der Waals surface area contributed by atoms with Gasteiger partial charge in [0.05, 0.1) is 50.2 Å². The van der Waals surface area contributed by atoms with Crippen molar-refractivity contribution in [3.05, 3.63) is 30.5 Å². The number of ether oxygens (including phenoxy) is 4. The molecule has 240 valence electrons. The maximum atomic E-state index is 12.4. The molecule has 4 aliphatic heterocycles. The monoisotopic (exact) mass is 620 g/mol. The summed E-state index contributed by atoms with van der Waals surface area (Å²) in [7, 11) is 1.41. The molecule has 6 heterocycles. The number of rotatable bonds is 7. The number of hydrogen-bond donors (Lipinski definition) is 1. The molecule has 4 saturated heterocycles. The van der Waals surface area contributed by atoms with E-state index in [0.29, 0.717) is 51.0 Å². The van der Waals surface area contributed by atoms with Gasteiger partial charge in [0.25, 0.3) is 0 Å². The number of amides is 2. The second-order valence-electron chi connectivity index (χ2n) is 12.0. The molecule has 0 spiro atoms. The number of nitrogens with zero attached hydrogens (tertiary/aromatic N) is 7. The number of morpholine rings is 2. The molecule has 14 nitrogen and oxygen atoms in total. The van der Waals surface area contributed by atoms with Gasteiger partial charge in [-0.05, 0) is 49.9 Å². The molecule has 2 bridgehead atoms. The quantitative estimate of drug-likeness (QED) is 0.417. The van der Waals surface area contributed by atoms with Gasteiger partial charge in [0.2, 0.25) is 0 Å². The highest BCUT2D eigenvalue weighted by atomic mass is 16.6. The van der Waals surface area contributed by atoms with Crippen molar-refractivity contribution in [2.45, 2.75) is 43.9 Å². The lowest BCUT2D eigenvalue weighted by molar-refractivity contribution is 0.0290. The van der Waals surface area contributed by atoms with Gasteiger partial charge in [-0.3, -0.25) is 10.2 Å². The van der Waals surface area contributed by atoms with Crippen molar-refractivity contribution < 1.29 is 28.5 Å². The van der Waals surface area contributed by atoms with Gasteiger partial charge in [0.15, 0.2) is 11.5 Å². The predicted molar refractivity (Wildman–Crippen MR) is 165 cm³/mol. The second kappa shape index (κ2) is 13.2.